The van der Waals surface area contributed by atoms with Crippen molar-refractivity contribution in [2.24, 2.45) is 0 Å². The molecule has 1 aromatic carbocycles. The maximum absolute atomic E-state index is 5.55. The molecule has 0 unspecified atom stereocenters. The molecule has 0 amide bonds. The third-order valence-electron chi connectivity index (χ3n) is 5.28. The molecule has 28 heavy (non-hydrogen) atoms. The van der Waals surface area contributed by atoms with Crippen LogP contribution < -0.4 is 5.32 Å². The fraction of sp³-hybridized carbons (Fsp3) is 0.333. The van der Waals surface area contributed by atoms with Crippen LogP contribution in [0.5, 0.6) is 0 Å². The van der Waals surface area contributed by atoms with Crippen LogP contribution in [-0.4, -0.2) is 27.3 Å². The third-order valence-corrected chi connectivity index (χ3v) is 6.35. The van der Waals surface area contributed by atoms with Crippen LogP contribution in [0.3, 0.4) is 0 Å². The minimum absolute atomic E-state index is 0.293. The Balaban J connectivity index is 1.63. The van der Waals surface area contributed by atoms with E-state index in [1.54, 1.807) is 24.8 Å². The molecule has 6 nitrogen and oxygen atoms in total. The number of ether oxygens (including phenoxy) is 1. The number of aromatic nitrogens is 4. The lowest BCUT2D eigenvalue weighted by atomic mass is 9.97. The zero-order chi connectivity index (χ0) is 19.9. The van der Waals surface area contributed by atoms with Crippen molar-refractivity contribution >= 4 is 37.6 Å². The van der Waals surface area contributed by atoms with E-state index in [4.69, 9.17) is 4.74 Å². The van der Waals surface area contributed by atoms with Crippen molar-refractivity contribution in [1.29, 1.82) is 0 Å². The lowest BCUT2D eigenvalue weighted by Gasteiger charge is -2.23. The van der Waals surface area contributed by atoms with Gasteiger partial charge in [-0.3, -0.25) is 0 Å². The first kappa shape index (κ1) is 18.7. The summed E-state index contributed by atoms with van der Waals surface area (Å²) < 4.78 is 6.56. The van der Waals surface area contributed by atoms with Crippen molar-refractivity contribution < 1.29 is 4.74 Å². The zero-order valence-electron chi connectivity index (χ0n) is 16.7. The number of aryl methyl sites for hydroxylation is 2. The molecule has 4 aromatic rings. The van der Waals surface area contributed by atoms with Gasteiger partial charge in [0, 0.05) is 19.0 Å². The van der Waals surface area contributed by atoms with E-state index in [9.17, 15) is 0 Å². The molecule has 0 fully saturated rings. The highest BCUT2D eigenvalue weighted by Gasteiger charge is 2.19. The molecule has 0 aliphatic rings. The van der Waals surface area contributed by atoms with Crippen LogP contribution in [0, 0.1) is 13.8 Å². The minimum Gasteiger partial charge on any atom is -0.374 e. The number of benzene rings is 1. The maximum Gasteiger partial charge on any atom is 0.149 e. The van der Waals surface area contributed by atoms with E-state index >= 15 is 0 Å². The summed E-state index contributed by atoms with van der Waals surface area (Å²) in [6.45, 7) is 8.84. The molecule has 0 aliphatic carbocycles. The Bertz CT molecular complexity index is 1150. The van der Waals surface area contributed by atoms with Crippen LogP contribution >= 0.6 is 11.3 Å². The van der Waals surface area contributed by atoms with Gasteiger partial charge in [0.15, 0.2) is 0 Å². The summed E-state index contributed by atoms with van der Waals surface area (Å²) in [5, 5.41) is 13.1. The Hall–Kier alpha value is -2.64. The highest BCUT2D eigenvalue weighted by Crippen LogP contribution is 2.36. The summed E-state index contributed by atoms with van der Waals surface area (Å²) in [5.74, 6) is 0.825. The highest BCUT2D eigenvalue weighted by molar-refractivity contribution is 7.25. The maximum atomic E-state index is 5.55. The zero-order valence-corrected chi connectivity index (χ0v) is 17.5. The first-order valence-corrected chi connectivity index (χ1v) is 9.98. The number of thiophene rings is 1. The molecule has 0 saturated carbocycles. The Morgan fingerprint density at radius 1 is 1.07 bits per heavy atom. The van der Waals surface area contributed by atoms with E-state index in [0.717, 1.165) is 43.1 Å². The quantitative estimate of drug-likeness (QED) is 0.528. The van der Waals surface area contributed by atoms with Gasteiger partial charge in [-0.25, -0.2) is 9.97 Å². The summed E-state index contributed by atoms with van der Waals surface area (Å²) in [5.41, 5.74) is 5.02. The lowest BCUT2D eigenvalue weighted by molar-refractivity contribution is 0.0192. The number of rotatable bonds is 5. The Kier molecular flexibility index (Phi) is 4.72. The topological polar surface area (TPSA) is 72.8 Å². The average molecular weight is 394 g/mol. The first-order chi connectivity index (χ1) is 13.4. The smallest absolute Gasteiger partial charge is 0.149 e. The normalized spacial score (nSPS) is 12.0. The van der Waals surface area contributed by atoms with Crippen molar-refractivity contribution in [3.8, 4) is 0 Å². The Labute approximate surface area is 168 Å². The Morgan fingerprint density at radius 3 is 2.54 bits per heavy atom. The standard InChI is InChI=1S/C21H23N5OS/c1-12-13(2)25-26-20-16(12)17-18(28-20)19(24-11-23-17)22-10-14-6-8-15(9-7-14)21(3,4)27-5/h6-9,11H,10H2,1-5H3,(H,22,23,24). The van der Waals surface area contributed by atoms with Crippen molar-refractivity contribution in [3.63, 3.8) is 0 Å². The van der Waals surface area contributed by atoms with Gasteiger partial charge in [-0.2, -0.15) is 5.10 Å². The molecular formula is C21H23N5OS. The van der Waals surface area contributed by atoms with Crippen molar-refractivity contribution in [1.82, 2.24) is 20.2 Å². The Morgan fingerprint density at radius 2 is 1.82 bits per heavy atom. The van der Waals surface area contributed by atoms with Gasteiger partial charge in [0.1, 0.15) is 17.0 Å². The summed E-state index contributed by atoms with van der Waals surface area (Å²) in [4.78, 5) is 9.87. The van der Waals surface area contributed by atoms with Gasteiger partial charge in [-0.15, -0.1) is 16.4 Å². The van der Waals surface area contributed by atoms with Gasteiger partial charge in [0.05, 0.1) is 21.5 Å². The fourth-order valence-electron chi connectivity index (χ4n) is 3.14. The number of hydrogen-bond donors (Lipinski definition) is 1. The van der Waals surface area contributed by atoms with Gasteiger partial charge >= 0.3 is 0 Å². The fourth-order valence-corrected chi connectivity index (χ4v) is 4.24. The number of fused-ring (bicyclic) bond motifs is 3. The SMILES string of the molecule is COC(C)(C)c1ccc(CNc2ncnc3c2sc2nnc(C)c(C)c23)cc1. The molecule has 144 valence electrons. The molecule has 0 atom stereocenters. The van der Waals surface area contributed by atoms with Crippen LogP contribution in [0.1, 0.15) is 36.2 Å². The summed E-state index contributed by atoms with van der Waals surface area (Å²) >= 11 is 1.58. The van der Waals surface area contributed by atoms with Gasteiger partial charge in [-0.1, -0.05) is 24.3 Å². The molecule has 0 spiro atoms. The largest absolute Gasteiger partial charge is 0.374 e. The van der Waals surface area contributed by atoms with Crippen molar-refractivity contribution in [3.05, 3.63) is 53.0 Å². The second-order valence-electron chi connectivity index (χ2n) is 7.36. The molecule has 0 aliphatic heterocycles. The molecule has 0 bridgehead atoms. The number of hydrogen-bond acceptors (Lipinski definition) is 7. The van der Waals surface area contributed by atoms with Gasteiger partial charge in [0.2, 0.25) is 0 Å². The van der Waals surface area contributed by atoms with E-state index in [1.165, 1.54) is 5.56 Å². The van der Waals surface area contributed by atoms with E-state index in [-0.39, 0.29) is 5.60 Å². The van der Waals surface area contributed by atoms with Crippen LogP contribution in [0.25, 0.3) is 20.4 Å². The van der Waals surface area contributed by atoms with Gasteiger partial charge in [-0.05, 0) is 44.4 Å². The summed E-state index contributed by atoms with van der Waals surface area (Å²) in [6, 6.07) is 8.45. The van der Waals surface area contributed by atoms with Gasteiger partial charge < -0.3 is 10.1 Å². The second-order valence-corrected chi connectivity index (χ2v) is 8.36. The van der Waals surface area contributed by atoms with Crippen molar-refractivity contribution in [2.75, 3.05) is 12.4 Å². The van der Waals surface area contributed by atoms with Crippen LogP contribution in [0.15, 0.2) is 30.6 Å². The lowest BCUT2D eigenvalue weighted by Crippen LogP contribution is -2.19. The van der Waals surface area contributed by atoms with Crippen LogP contribution in [0.4, 0.5) is 5.82 Å². The highest BCUT2D eigenvalue weighted by atomic mass is 32.1. The number of methoxy groups -OCH3 is 1. The molecule has 0 radical (unpaired) electrons. The third kappa shape index (κ3) is 3.21. The minimum atomic E-state index is -0.293. The number of anilines is 1. The van der Waals surface area contributed by atoms with E-state index in [2.05, 4.69) is 70.5 Å². The number of nitrogens with zero attached hydrogens (tertiary/aromatic N) is 4. The molecule has 3 heterocycles. The average Bonchev–Trinajstić information content (AvgIpc) is 3.09. The van der Waals surface area contributed by atoms with Crippen molar-refractivity contribution in [2.45, 2.75) is 39.8 Å². The van der Waals surface area contributed by atoms with E-state index in [1.807, 2.05) is 6.92 Å². The molecule has 0 saturated heterocycles. The number of nitrogens with one attached hydrogen (secondary N) is 1. The monoisotopic (exact) mass is 393 g/mol. The molecule has 7 heteroatoms. The predicted octanol–water partition coefficient (Wildman–Crippen LogP) is 4.74. The molecule has 3 aromatic heterocycles. The molecular weight excluding hydrogens is 370 g/mol. The second kappa shape index (κ2) is 7.07. The van der Waals surface area contributed by atoms with Gasteiger partial charge in [0.25, 0.3) is 0 Å². The predicted molar refractivity (Wildman–Crippen MR) is 114 cm³/mol. The van der Waals surface area contributed by atoms with E-state index in [0.29, 0.717) is 6.54 Å². The van der Waals surface area contributed by atoms with Crippen LogP contribution in [-0.2, 0) is 16.9 Å². The summed E-state index contributed by atoms with van der Waals surface area (Å²) in [6.07, 6.45) is 1.61. The summed E-state index contributed by atoms with van der Waals surface area (Å²) in [7, 11) is 1.73. The first-order valence-electron chi connectivity index (χ1n) is 9.16. The molecule has 4 rings (SSSR count). The molecule has 1 N–H and O–H groups in total. The van der Waals surface area contributed by atoms with E-state index < -0.39 is 0 Å². The van der Waals surface area contributed by atoms with Crippen LogP contribution in [0.2, 0.25) is 0 Å².